The number of ether oxygens (including phenoxy) is 1. The van der Waals surface area contributed by atoms with Gasteiger partial charge in [-0.2, -0.15) is 5.10 Å². The van der Waals surface area contributed by atoms with Gasteiger partial charge in [0.2, 0.25) is 0 Å². The first-order valence-corrected chi connectivity index (χ1v) is 7.45. The van der Waals surface area contributed by atoms with Crippen molar-refractivity contribution in [3.63, 3.8) is 0 Å². The Morgan fingerprint density at radius 1 is 1.22 bits per heavy atom. The average Bonchev–Trinajstić information content (AvgIpc) is 2.99. The molecule has 3 rings (SSSR count). The summed E-state index contributed by atoms with van der Waals surface area (Å²) in [5.41, 5.74) is 2.66. The third-order valence-corrected chi connectivity index (χ3v) is 3.40. The van der Waals surface area contributed by atoms with Crippen LogP contribution in [0.3, 0.4) is 0 Å². The quantitative estimate of drug-likeness (QED) is 0.689. The van der Waals surface area contributed by atoms with E-state index in [1.54, 1.807) is 21.6 Å². The zero-order valence-electron chi connectivity index (χ0n) is 14.0. The number of hydrogen-bond acceptors (Lipinski definition) is 4. The van der Waals surface area contributed by atoms with E-state index in [4.69, 9.17) is 4.74 Å². The fourth-order valence-corrected chi connectivity index (χ4v) is 2.47. The van der Waals surface area contributed by atoms with E-state index in [-0.39, 0.29) is 0 Å². The Balaban J connectivity index is 2.23. The van der Waals surface area contributed by atoms with Crippen LogP contribution in [0.4, 0.5) is 4.79 Å². The summed E-state index contributed by atoms with van der Waals surface area (Å²) in [6.45, 7) is 7.46. The zero-order valence-corrected chi connectivity index (χ0v) is 14.0. The van der Waals surface area contributed by atoms with Crippen molar-refractivity contribution in [3.8, 4) is 11.3 Å². The number of carbonyl (C=O) groups is 1. The number of aryl methyl sites for hydroxylation is 2. The molecule has 0 aliphatic carbocycles. The van der Waals surface area contributed by atoms with Gasteiger partial charge in [0.05, 0.1) is 17.4 Å². The monoisotopic (exact) mass is 312 g/mol. The summed E-state index contributed by atoms with van der Waals surface area (Å²) in [5, 5.41) is 5.08. The van der Waals surface area contributed by atoms with Crippen LogP contribution in [-0.4, -0.2) is 31.0 Å². The molecule has 120 valence electrons. The van der Waals surface area contributed by atoms with E-state index in [1.165, 1.54) is 0 Å². The standard InChI is InChI=1S/C17H20N4O2/c1-11-6-14-12(8-18-11)7-15(13-9-19-20(5)10-13)21(14)16(22)23-17(2,3)4/h6-10H,1-5H3. The number of rotatable bonds is 1. The van der Waals surface area contributed by atoms with E-state index >= 15 is 0 Å². The highest BCUT2D eigenvalue weighted by molar-refractivity contribution is 5.95. The third-order valence-electron chi connectivity index (χ3n) is 3.40. The molecule has 3 aromatic heterocycles. The number of pyridine rings is 1. The van der Waals surface area contributed by atoms with Crippen LogP contribution >= 0.6 is 0 Å². The van der Waals surface area contributed by atoms with E-state index in [0.29, 0.717) is 0 Å². The molecule has 0 amide bonds. The van der Waals surface area contributed by atoms with Crippen molar-refractivity contribution in [2.45, 2.75) is 33.3 Å². The van der Waals surface area contributed by atoms with E-state index in [1.807, 2.05) is 53.1 Å². The van der Waals surface area contributed by atoms with E-state index < -0.39 is 11.7 Å². The summed E-state index contributed by atoms with van der Waals surface area (Å²) in [6, 6.07) is 3.82. The number of nitrogens with zero attached hydrogens (tertiary/aromatic N) is 4. The van der Waals surface area contributed by atoms with Crippen LogP contribution in [0.25, 0.3) is 22.2 Å². The maximum absolute atomic E-state index is 12.7. The normalized spacial score (nSPS) is 11.9. The maximum atomic E-state index is 12.7. The number of carbonyl (C=O) groups excluding carboxylic acids is 1. The van der Waals surface area contributed by atoms with Crippen molar-refractivity contribution < 1.29 is 9.53 Å². The summed E-state index contributed by atoms with van der Waals surface area (Å²) >= 11 is 0. The Labute approximate surface area is 134 Å². The Morgan fingerprint density at radius 2 is 1.96 bits per heavy atom. The number of hydrogen-bond donors (Lipinski definition) is 0. The second kappa shape index (κ2) is 5.22. The molecular formula is C17H20N4O2. The highest BCUT2D eigenvalue weighted by atomic mass is 16.6. The lowest BCUT2D eigenvalue weighted by Crippen LogP contribution is -2.27. The molecular weight excluding hydrogens is 292 g/mol. The molecule has 0 radical (unpaired) electrons. The van der Waals surface area contributed by atoms with E-state index in [0.717, 1.165) is 27.9 Å². The molecule has 0 fully saturated rings. The molecule has 6 heteroatoms. The lowest BCUT2D eigenvalue weighted by atomic mass is 10.2. The van der Waals surface area contributed by atoms with Gasteiger partial charge in [0.25, 0.3) is 0 Å². The van der Waals surface area contributed by atoms with Crippen molar-refractivity contribution in [1.29, 1.82) is 0 Å². The minimum absolute atomic E-state index is 0.406. The van der Waals surface area contributed by atoms with Crippen molar-refractivity contribution in [3.05, 3.63) is 36.4 Å². The van der Waals surface area contributed by atoms with Gasteiger partial charge >= 0.3 is 6.09 Å². The molecule has 0 aromatic carbocycles. The van der Waals surface area contributed by atoms with Crippen molar-refractivity contribution >= 4 is 17.0 Å². The molecule has 0 aliphatic heterocycles. The predicted molar refractivity (Wildman–Crippen MR) is 88.3 cm³/mol. The molecule has 0 bridgehead atoms. The maximum Gasteiger partial charge on any atom is 0.419 e. The van der Waals surface area contributed by atoms with Gasteiger partial charge in [0.1, 0.15) is 5.60 Å². The van der Waals surface area contributed by atoms with Crippen molar-refractivity contribution in [2.24, 2.45) is 7.05 Å². The molecule has 3 heterocycles. The van der Waals surface area contributed by atoms with Gasteiger partial charge in [-0.3, -0.25) is 9.67 Å². The molecule has 23 heavy (non-hydrogen) atoms. The second-order valence-electron chi connectivity index (χ2n) is 6.63. The Hall–Kier alpha value is -2.63. The van der Waals surface area contributed by atoms with Crippen LogP contribution in [0.5, 0.6) is 0 Å². The zero-order chi connectivity index (χ0) is 16.8. The van der Waals surface area contributed by atoms with Crippen LogP contribution in [-0.2, 0) is 11.8 Å². The smallest absolute Gasteiger partial charge is 0.419 e. The summed E-state index contributed by atoms with van der Waals surface area (Å²) in [5.74, 6) is 0. The van der Waals surface area contributed by atoms with Gasteiger partial charge in [0.15, 0.2) is 0 Å². The van der Waals surface area contributed by atoms with Gasteiger partial charge in [-0.15, -0.1) is 0 Å². The van der Waals surface area contributed by atoms with Crippen LogP contribution < -0.4 is 0 Å². The molecule has 0 unspecified atom stereocenters. The first kappa shape index (κ1) is 15.3. The lowest BCUT2D eigenvalue weighted by Gasteiger charge is -2.20. The van der Waals surface area contributed by atoms with Gasteiger partial charge in [-0.1, -0.05) is 0 Å². The van der Waals surface area contributed by atoms with Gasteiger partial charge in [0, 0.05) is 36.1 Å². The van der Waals surface area contributed by atoms with Gasteiger partial charge in [-0.25, -0.2) is 9.36 Å². The molecule has 3 aromatic rings. The minimum atomic E-state index is -0.568. The van der Waals surface area contributed by atoms with Crippen molar-refractivity contribution in [1.82, 2.24) is 19.3 Å². The topological polar surface area (TPSA) is 61.9 Å². The third kappa shape index (κ3) is 2.97. The molecule has 0 N–H and O–H groups in total. The SMILES string of the molecule is Cc1cc2c(cn1)cc(-c1cnn(C)c1)n2C(=O)OC(C)(C)C. The van der Waals surface area contributed by atoms with Gasteiger partial charge < -0.3 is 4.74 Å². The van der Waals surface area contributed by atoms with Crippen LogP contribution in [0.1, 0.15) is 26.5 Å². The number of fused-ring (bicyclic) bond motifs is 1. The molecule has 0 saturated carbocycles. The highest BCUT2D eigenvalue weighted by Gasteiger charge is 2.23. The summed E-state index contributed by atoms with van der Waals surface area (Å²) in [7, 11) is 1.84. The summed E-state index contributed by atoms with van der Waals surface area (Å²) in [6.07, 6.45) is 4.97. The first-order valence-electron chi connectivity index (χ1n) is 7.45. The Kier molecular flexibility index (Phi) is 3.47. The van der Waals surface area contributed by atoms with E-state index in [9.17, 15) is 4.79 Å². The predicted octanol–water partition coefficient (Wildman–Crippen LogP) is 3.53. The first-order chi connectivity index (χ1) is 10.7. The fourth-order valence-electron chi connectivity index (χ4n) is 2.47. The van der Waals surface area contributed by atoms with Crippen LogP contribution in [0.15, 0.2) is 30.7 Å². The second-order valence-corrected chi connectivity index (χ2v) is 6.63. The average molecular weight is 312 g/mol. The number of aromatic nitrogens is 4. The Bertz CT molecular complexity index is 884. The molecule has 6 nitrogen and oxygen atoms in total. The summed E-state index contributed by atoms with van der Waals surface area (Å²) < 4.78 is 8.87. The van der Waals surface area contributed by atoms with Crippen LogP contribution in [0.2, 0.25) is 0 Å². The largest absolute Gasteiger partial charge is 0.443 e. The molecule has 0 saturated heterocycles. The van der Waals surface area contributed by atoms with Gasteiger partial charge in [-0.05, 0) is 39.8 Å². The minimum Gasteiger partial charge on any atom is -0.443 e. The fraction of sp³-hybridized carbons (Fsp3) is 0.353. The van der Waals surface area contributed by atoms with E-state index in [2.05, 4.69) is 10.1 Å². The Morgan fingerprint density at radius 3 is 2.57 bits per heavy atom. The molecule has 0 atom stereocenters. The summed E-state index contributed by atoms with van der Waals surface area (Å²) in [4.78, 5) is 17.0. The van der Waals surface area contributed by atoms with Crippen molar-refractivity contribution in [2.75, 3.05) is 0 Å². The lowest BCUT2D eigenvalue weighted by molar-refractivity contribution is 0.0547. The van der Waals surface area contributed by atoms with Crippen LogP contribution in [0, 0.1) is 6.92 Å². The molecule has 0 spiro atoms. The molecule has 0 aliphatic rings. The highest BCUT2D eigenvalue weighted by Crippen LogP contribution is 2.29.